The first kappa shape index (κ1) is 10.6. The van der Waals surface area contributed by atoms with Crippen LogP contribution in [0.15, 0.2) is 4.99 Å². The molecule has 0 aromatic heterocycles. The number of rotatable bonds is 2. The van der Waals surface area contributed by atoms with Crippen molar-refractivity contribution in [3.05, 3.63) is 0 Å². The van der Waals surface area contributed by atoms with Crippen LogP contribution in [-0.4, -0.2) is 18.0 Å². The second-order valence-corrected chi connectivity index (χ2v) is 4.75. The summed E-state index contributed by atoms with van der Waals surface area (Å²) < 4.78 is 5.75. The molecule has 0 spiro atoms. The molecule has 0 N–H and O–H groups in total. The van der Waals surface area contributed by atoms with E-state index in [1.807, 2.05) is 0 Å². The van der Waals surface area contributed by atoms with Gasteiger partial charge >= 0.3 is 0 Å². The van der Waals surface area contributed by atoms with Crippen LogP contribution in [-0.2, 0) is 4.74 Å². The molecule has 0 fully saturated rings. The second-order valence-electron chi connectivity index (χ2n) is 4.75. The molecule has 0 radical (unpaired) electrons. The molecule has 1 rings (SSSR count). The highest BCUT2D eigenvalue weighted by Crippen LogP contribution is 2.32. The molecule has 0 aromatic carbocycles. The monoisotopic (exact) mass is 183 g/mol. The summed E-state index contributed by atoms with van der Waals surface area (Å²) in [6.07, 6.45) is 2.27. The van der Waals surface area contributed by atoms with E-state index in [9.17, 15) is 0 Å². The van der Waals surface area contributed by atoms with E-state index in [1.165, 1.54) is 0 Å². The van der Waals surface area contributed by atoms with Gasteiger partial charge in [-0.1, -0.05) is 34.6 Å². The highest BCUT2D eigenvalue weighted by molar-refractivity contribution is 5.77. The predicted octanol–water partition coefficient (Wildman–Crippen LogP) is 3.02. The molecule has 1 heterocycles. The third kappa shape index (κ3) is 2.23. The van der Waals surface area contributed by atoms with Crippen molar-refractivity contribution in [3.63, 3.8) is 0 Å². The van der Waals surface area contributed by atoms with Gasteiger partial charge in [-0.25, -0.2) is 4.99 Å². The first-order valence-corrected chi connectivity index (χ1v) is 5.22. The maximum atomic E-state index is 5.75. The molecule has 0 bridgehead atoms. The van der Waals surface area contributed by atoms with Gasteiger partial charge in [0.1, 0.15) is 6.10 Å². The van der Waals surface area contributed by atoms with E-state index < -0.39 is 0 Å². The van der Waals surface area contributed by atoms with E-state index in [0.717, 1.165) is 18.7 Å². The van der Waals surface area contributed by atoms with Crippen molar-refractivity contribution >= 4 is 5.90 Å². The minimum atomic E-state index is 0.220. The molecule has 0 saturated heterocycles. The van der Waals surface area contributed by atoms with Crippen LogP contribution in [0.25, 0.3) is 0 Å². The van der Waals surface area contributed by atoms with E-state index in [2.05, 4.69) is 39.6 Å². The van der Waals surface area contributed by atoms with E-state index in [-0.39, 0.29) is 5.41 Å². The van der Waals surface area contributed by atoms with Crippen LogP contribution in [0, 0.1) is 5.41 Å². The van der Waals surface area contributed by atoms with Crippen LogP contribution in [0.4, 0.5) is 0 Å². The molecular formula is C11H21NO. The molecule has 2 heteroatoms. The van der Waals surface area contributed by atoms with Crippen molar-refractivity contribution in [1.29, 1.82) is 0 Å². The molecule has 2 nitrogen and oxygen atoms in total. The Labute approximate surface area is 81.4 Å². The maximum Gasteiger partial charge on any atom is 0.183 e. The third-order valence-corrected chi connectivity index (χ3v) is 2.51. The Morgan fingerprint density at radius 1 is 1.31 bits per heavy atom. The van der Waals surface area contributed by atoms with Gasteiger partial charge in [0.2, 0.25) is 0 Å². The van der Waals surface area contributed by atoms with Crippen LogP contribution in [0.2, 0.25) is 0 Å². The molecule has 76 valence electrons. The van der Waals surface area contributed by atoms with Crippen molar-refractivity contribution in [1.82, 2.24) is 0 Å². The van der Waals surface area contributed by atoms with Crippen LogP contribution in [0.1, 0.15) is 47.5 Å². The molecule has 0 aliphatic carbocycles. The smallest absolute Gasteiger partial charge is 0.183 e. The normalized spacial score (nSPS) is 28.5. The lowest BCUT2D eigenvalue weighted by Gasteiger charge is -2.28. The summed E-state index contributed by atoms with van der Waals surface area (Å²) >= 11 is 0. The van der Waals surface area contributed by atoms with Gasteiger partial charge in [-0.15, -0.1) is 0 Å². The van der Waals surface area contributed by atoms with Crippen molar-refractivity contribution in [2.75, 3.05) is 0 Å². The number of hydrogen-bond donors (Lipinski definition) is 0. The van der Waals surface area contributed by atoms with Crippen molar-refractivity contribution in [2.45, 2.75) is 59.6 Å². The molecule has 1 aliphatic rings. The Morgan fingerprint density at radius 3 is 2.23 bits per heavy atom. The number of ether oxygens (including phenoxy) is 1. The Balaban J connectivity index is 2.76. The highest BCUT2D eigenvalue weighted by Gasteiger charge is 2.37. The van der Waals surface area contributed by atoms with Crippen LogP contribution >= 0.6 is 0 Å². The van der Waals surface area contributed by atoms with E-state index in [1.54, 1.807) is 0 Å². The Morgan fingerprint density at radius 2 is 1.92 bits per heavy atom. The summed E-state index contributed by atoms with van der Waals surface area (Å²) in [6, 6.07) is 0.340. The summed E-state index contributed by atoms with van der Waals surface area (Å²) in [4.78, 5) is 4.62. The predicted molar refractivity (Wildman–Crippen MR) is 56.1 cm³/mol. The average Bonchev–Trinajstić information content (AvgIpc) is 2.46. The first-order valence-electron chi connectivity index (χ1n) is 5.22. The lowest BCUT2D eigenvalue weighted by Crippen LogP contribution is -2.33. The van der Waals surface area contributed by atoms with Gasteiger partial charge in [0, 0.05) is 6.42 Å². The minimum absolute atomic E-state index is 0.220. The number of nitrogens with zero attached hydrogens (tertiary/aromatic N) is 1. The van der Waals surface area contributed by atoms with Crippen LogP contribution in [0.5, 0.6) is 0 Å². The standard InChI is InChI=1S/C11H21NO/c1-6-8-10(11(3,4)5)12-9(7-2)13-8/h8,10H,6-7H2,1-5H3. The lowest BCUT2D eigenvalue weighted by molar-refractivity contribution is 0.132. The minimum Gasteiger partial charge on any atom is -0.475 e. The lowest BCUT2D eigenvalue weighted by atomic mass is 9.83. The molecular weight excluding hydrogens is 162 g/mol. The molecule has 13 heavy (non-hydrogen) atoms. The van der Waals surface area contributed by atoms with Gasteiger partial charge in [-0.05, 0) is 11.8 Å². The number of hydrogen-bond acceptors (Lipinski definition) is 2. The Hall–Kier alpha value is -0.530. The van der Waals surface area contributed by atoms with E-state index in [4.69, 9.17) is 4.74 Å². The zero-order valence-electron chi connectivity index (χ0n) is 9.42. The van der Waals surface area contributed by atoms with E-state index >= 15 is 0 Å². The molecule has 0 amide bonds. The van der Waals surface area contributed by atoms with Crippen LogP contribution < -0.4 is 0 Å². The fourth-order valence-electron chi connectivity index (χ4n) is 1.74. The number of aliphatic imine (C=N–C) groups is 1. The Kier molecular flexibility index (Phi) is 2.99. The topological polar surface area (TPSA) is 21.6 Å². The third-order valence-electron chi connectivity index (χ3n) is 2.51. The van der Waals surface area contributed by atoms with Crippen molar-refractivity contribution in [3.8, 4) is 0 Å². The SMILES string of the molecule is CCC1=NC(C(C)(C)C)C(CC)O1. The van der Waals surface area contributed by atoms with Gasteiger partial charge in [0.05, 0.1) is 6.04 Å². The molecule has 1 aliphatic heterocycles. The quantitative estimate of drug-likeness (QED) is 0.645. The van der Waals surface area contributed by atoms with Gasteiger partial charge in [-0.2, -0.15) is 0 Å². The summed E-state index contributed by atoms with van der Waals surface area (Å²) in [5, 5.41) is 0. The van der Waals surface area contributed by atoms with Gasteiger partial charge in [0.15, 0.2) is 5.90 Å². The fraction of sp³-hybridized carbons (Fsp3) is 0.909. The van der Waals surface area contributed by atoms with Crippen LogP contribution in [0.3, 0.4) is 0 Å². The molecule has 0 aromatic rings. The maximum absolute atomic E-state index is 5.75. The average molecular weight is 183 g/mol. The second kappa shape index (κ2) is 3.69. The van der Waals surface area contributed by atoms with Gasteiger partial charge < -0.3 is 4.74 Å². The highest BCUT2D eigenvalue weighted by atomic mass is 16.5. The fourth-order valence-corrected chi connectivity index (χ4v) is 1.74. The zero-order valence-corrected chi connectivity index (χ0v) is 9.42. The van der Waals surface area contributed by atoms with Crippen molar-refractivity contribution in [2.24, 2.45) is 10.4 Å². The van der Waals surface area contributed by atoms with Crippen molar-refractivity contribution < 1.29 is 4.74 Å². The van der Waals surface area contributed by atoms with Gasteiger partial charge in [0.25, 0.3) is 0 Å². The largest absolute Gasteiger partial charge is 0.475 e. The Bertz CT molecular complexity index is 203. The first-order chi connectivity index (χ1) is 5.99. The summed E-state index contributed by atoms with van der Waals surface area (Å²) in [5.41, 5.74) is 0.220. The molecule has 2 atom stereocenters. The molecule has 0 saturated carbocycles. The summed E-state index contributed by atoms with van der Waals surface area (Å²) in [6.45, 7) is 10.9. The molecule has 2 unspecified atom stereocenters. The van der Waals surface area contributed by atoms with E-state index in [0.29, 0.717) is 12.1 Å². The zero-order chi connectivity index (χ0) is 10.1. The summed E-state index contributed by atoms with van der Waals surface area (Å²) in [5.74, 6) is 0.937. The van der Waals surface area contributed by atoms with Gasteiger partial charge in [-0.3, -0.25) is 0 Å². The summed E-state index contributed by atoms with van der Waals surface area (Å²) in [7, 11) is 0.